The molecule has 0 aliphatic rings. The highest BCUT2D eigenvalue weighted by Crippen LogP contribution is 2.26. The van der Waals surface area contributed by atoms with E-state index in [4.69, 9.17) is 4.52 Å². The molecule has 0 spiro atoms. The minimum Gasteiger partial charge on any atom is -0.334 e. The van der Waals surface area contributed by atoms with Gasteiger partial charge in [-0.3, -0.25) is 0 Å². The maximum absolute atomic E-state index is 13.0. The summed E-state index contributed by atoms with van der Waals surface area (Å²) in [5.74, 6) is 1.81. The average Bonchev–Trinajstić information content (AvgIpc) is 3.14. The molecular weight excluding hydrogens is 339 g/mol. The molecule has 25 heavy (non-hydrogen) atoms. The highest BCUT2D eigenvalue weighted by Gasteiger charge is 2.15. The zero-order chi connectivity index (χ0) is 18.0. The lowest BCUT2D eigenvalue weighted by Gasteiger charge is -2.11. The van der Waals surface area contributed by atoms with Crippen LogP contribution in [-0.4, -0.2) is 19.7 Å². The summed E-state index contributed by atoms with van der Waals surface area (Å²) in [7, 11) is 0. The summed E-state index contributed by atoms with van der Waals surface area (Å²) >= 11 is 1.59. The summed E-state index contributed by atoms with van der Waals surface area (Å²) < 4.78 is 20.5. The van der Waals surface area contributed by atoms with Crippen LogP contribution in [0.1, 0.15) is 31.1 Å². The number of rotatable bonds is 6. The molecule has 2 aromatic heterocycles. The van der Waals surface area contributed by atoms with E-state index >= 15 is 0 Å². The minimum absolute atomic E-state index is 0.290. The van der Waals surface area contributed by atoms with Gasteiger partial charge in [-0.1, -0.05) is 30.8 Å². The van der Waals surface area contributed by atoms with Gasteiger partial charge in [-0.05, 0) is 44.0 Å². The predicted molar refractivity (Wildman–Crippen MR) is 95.8 cm³/mol. The Hall–Kier alpha value is -2.15. The number of hydrogen-bond acceptors (Lipinski definition) is 5. The molecule has 1 aromatic carbocycles. The molecule has 0 aliphatic heterocycles. The van der Waals surface area contributed by atoms with Gasteiger partial charge < -0.3 is 9.09 Å². The van der Waals surface area contributed by atoms with E-state index in [1.165, 1.54) is 17.8 Å². The van der Waals surface area contributed by atoms with E-state index in [1.807, 2.05) is 6.92 Å². The van der Waals surface area contributed by atoms with Gasteiger partial charge in [0.15, 0.2) is 11.0 Å². The largest absolute Gasteiger partial charge is 0.334 e. The Morgan fingerprint density at radius 1 is 1.16 bits per heavy atom. The van der Waals surface area contributed by atoms with Crippen LogP contribution in [-0.2, 0) is 12.3 Å². The fourth-order valence-corrected chi connectivity index (χ4v) is 3.41. The summed E-state index contributed by atoms with van der Waals surface area (Å²) in [6, 6.07) is 6.01. The second-order valence-corrected chi connectivity index (χ2v) is 7.32. The zero-order valence-electron chi connectivity index (χ0n) is 14.8. The lowest BCUT2D eigenvalue weighted by atomic mass is 10.2. The van der Waals surface area contributed by atoms with Crippen molar-refractivity contribution in [3.8, 4) is 11.5 Å². The summed E-state index contributed by atoms with van der Waals surface area (Å²) in [6.07, 6.45) is 0. The van der Waals surface area contributed by atoms with Crippen molar-refractivity contribution < 1.29 is 8.91 Å². The Labute approximate surface area is 150 Å². The first-order valence-electron chi connectivity index (χ1n) is 8.19. The molecule has 0 aliphatic carbocycles. The molecule has 0 amide bonds. The number of thioether (sulfide) groups is 1. The molecule has 132 valence electrons. The quantitative estimate of drug-likeness (QED) is 0.600. The molecule has 0 radical (unpaired) electrons. The van der Waals surface area contributed by atoms with Gasteiger partial charge in [0.25, 0.3) is 5.89 Å². The zero-order valence-corrected chi connectivity index (χ0v) is 15.6. The van der Waals surface area contributed by atoms with Gasteiger partial charge in [0, 0.05) is 17.8 Å². The van der Waals surface area contributed by atoms with Crippen LogP contribution < -0.4 is 0 Å². The van der Waals surface area contributed by atoms with Crippen molar-refractivity contribution in [3.63, 3.8) is 0 Å². The Morgan fingerprint density at radius 3 is 2.56 bits per heavy atom. The van der Waals surface area contributed by atoms with Crippen LogP contribution >= 0.6 is 11.8 Å². The van der Waals surface area contributed by atoms with Crippen LogP contribution in [0.2, 0.25) is 0 Å². The predicted octanol–water partition coefficient (Wildman–Crippen LogP) is 4.64. The van der Waals surface area contributed by atoms with Crippen LogP contribution in [0.15, 0.2) is 33.9 Å². The van der Waals surface area contributed by atoms with Gasteiger partial charge in [0.2, 0.25) is 0 Å². The molecule has 0 saturated carbocycles. The van der Waals surface area contributed by atoms with E-state index in [2.05, 4.69) is 40.5 Å². The number of aromatic nitrogens is 4. The maximum Gasteiger partial charge on any atom is 0.257 e. The van der Waals surface area contributed by atoms with Crippen molar-refractivity contribution in [2.24, 2.45) is 5.92 Å². The molecular formula is C18H21FN4OS. The van der Waals surface area contributed by atoms with Gasteiger partial charge in [-0.15, -0.1) is 0 Å². The number of aryl methyl sites for hydroxylation is 1. The Balaban J connectivity index is 1.72. The van der Waals surface area contributed by atoms with Crippen molar-refractivity contribution in [1.82, 2.24) is 19.7 Å². The number of imidazole rings is 1. The van der Waals surface area contributed by atoms with Crippen molar-refractivity contribution in [3.05, 3.63) is 47.3 Å². The standard InChI is InChI=1S/C18H21FN4OS/c1-11(2)9-23-13(4)12(3)20-18(23)25-10-16-21-17(24-22-16)14-5-7-15(19)8-6-14/h5-8,11H,9-10H2,1-4H3. The molecule has 7 heteroatoms. The monoisotopic (exact) mass is 360 g/mol. The topological polar surface area (TPSA) is 56.7 Å². The summed E-state index contributed by atoms with van der Waals surface area (Å²) in [5, 5.41) is 4.98. The highest BCUT2D eigenvalue weighted by molar-refractivity contribution is 7.98. The SMILES string of the molecule is Cc1nc(SCc2noc(-c3ccc(F)cc3)n2)n(CC(C)C)c1C. The molecule has 0 unspecified atom stereocenters. The lowest BCUT2D eigenvalue weighted by Crippen LogP contribution is -2.07. The van der Waals surface area contributed by atoms with Gasteiger partial charge >= 0.3 is 0 Å². The van der Waals surface area contributed by atoms with E-state index in [-0.39, 0.29) is 5.82 Å². The first-order valence-corrected chi connectivity index (χ1v) is 9.17. The molecule has 0 N–H and O–H groups in total. The van der Waals surface area contributed by atoms with E-state index in [0.29, 0.717) is 28.9 Å². The molecule has 0 fully saturated rings. The Kier molecular flexibility index (Phi) is 5.22. The number of hydrogen-bond donors (Lipinski definition) is 0. The average molecular weight is 360 g/mol. The minimum atomic E-state index is -0.290. The third-order valence-electron chi connectivity index (χ3n) is 3.86. The summed E-state index contributed by atoms with van der Waals surface area (Å²) in [5.41, 5.74) is 2.94. The van der Waals surface area contributed by atoms with Crippen LogP contribution in [0, 0.1) is 25.6 Å². The molecule has 5 nitrogen and oxygen atoms in total. The van der Waals surface area contributed by atoms with E-state index in [1.54, 1.807) is 23.9 Å². The van der Waals surface area contributed by atoms with Crippen molar-refractivity contribution in [2.45, 2.75) is 45.1 Å². The van der Waals surface area contributed by atoms with Gasteiger partial charge in [0.05, 0.1) is 11.4 Å². The van der Waals surface area contributed by atoms with E-state index in [9.17, 15) is 4.39 Å². The number of benzene rings is 1. The Morgan fingerprint density at radius 2 is 1.88 bits per heavy atom. The van der Waals surface area contributed by atoms with Crippen LogP contribution in [0.25, 0.3) is 11.5 Å². The molecule has 3 rings (SSSR count). The molecule has 0 saturated heterocycles. The second-order valence-electron chi connectivity index (χ2n) is 6.38. The van der Waals surface area contributed by atoms with Crippen LogP contribution in [0.5, 0.6) is 0 Å². The third-order valence-corrected chi connectivity index (χ3v) is 4.83. The second kappa shape index (κ2) is 7.39. The van der Waals surface area contributed by atoms with Crippen molar-refractivity contribution in [1.29, 1.82) is 0 Å². The highest BCUT2D eigenvalue weighted by atomic mass is 32.2. The molecule has 0 atom stereocenters. The summed E-state index contributed by atoms with van der Waals surface area (Å²) in [4.78, 5) is 9.04. The fraction of sp³-hybridized carbons (Fsp3) is 0.389. The van der Waals surface area contributed by atoms with Gasteiger partial charge in [-0.25, -0.2) is 9.37 Å². The number of halogens is 1. The van der Waals surface area contributed by atoms with Crippen molar-refractivity contribution >= 4 is 11.8 Å². The van der Waals surface area contributed by atoms with E-state index < -0.39 is 0 Å². The van der Waals surface area contributed by atoms with Gasteiger partial charge in [-0.2, -0.15) is 4.98 Å². The van der Waals surface area contributed by atoms with Crippen LogP contribution in [0.3, 0.4) is 0 Å². The van der Waals surface area contributed by atoms with Crippen molar-refractivity contribution in [2.75, 3.05) is 0 Å². The number of nitrogens with zero attached hydrogens (tertiary/aromatic N) is 4. The first kappa shape index (κ1) is 17.7. The lowest BCUT2D eigenvalue weighted by molar-refractivity contribution is 0.425. The van der Waals surface area contributed by atoms with E-state index in [0.717, 1.165) is 17.4 Å². The molecule has 0 bridgehead atoms. The maximum atomic E-state index is 13.0. The van der Waals surface area contributed by atoms with Crippen LogP contribution in [0.4, 0.5) is 4.39 Å². The Bertz CT molecular complexity index is 855. The normalized spacial score (nSPS) is 11.4. The molecule has 3 aromatic rings. The molecule has 2 heterocycles. The first-order chi connectivity index (χ1) is 11.9. The fourth-order valence-electron chi connectivity index (χ4n) is 2.47. The van der Waals surface area contributed by atoms with Gasteiger partial charge in [0.1, 0.15) is 5.82 Å². The third kappa shape index (κ3) is 4.10. The summed E-state index contributed by atoms with van der Waals surface area (Å²) in [6.45, 7) is 9.43. The smallest absolute Gasteiger partial charge is 0.257 e.